The zero-order valence-electron chi connectivity index (χ0n) is 14.8. The lowest BCUT2D eigenvalue weighted by molar-refractivity contribution is -0.126. The Labute approximate surface area is 157 Å². The number of hydrogen-bond donors (Lipinski definition) is 0. The number of rotatable bonds is 6. The molecule has 0 saturated carbocycles. The van der Waals surface area contributed by atoms with Gasteiger partial charge in [0.05, 0.1) is 25.1 Å². The van der Waals surface area contributed by atoms with Crippen molar-refractivity contribution in [2.45, 2.75) is 25.1 Å². The van der Waals surface area contributed by atoms with Gasteiger partial charge in [-0.2, -0.15) is 5.10 Å². The Kier molecular flexibility index (Phi) is 6.07. The molecule has 0 bridgehead atoms. The Morgan fingerprint density at radius 1 is 1.15 bits per heavy atom. The van der Waals surface area contributed by atoms with E-state index in [-0.39, 0.29) is 11.2 Å². The van der Waals surface area contributed by atoms with Crippen LogP contribution in [0.3, 0.4) is 0 Å². The zero-order chi connectivity index (χ0) is 18.4. The van der Waals surface area contributed by atoms with E-state index in [1.807, 2.05) is 61.5 Å². The number of methoxy groups -OCH3 is 1. The van der Waals surface area contributed by atoms with Crippen LogP contribution in [0.5, 0.6) is 5.75 Å². The maximum Gasteiger partial charge on any atom is 0.242 e. The predicted octanol–water partition coefficient (Wildman–Crippen LogP) is 3.94. The van der Waals surface area contributed by atoms with Gasteiger partial charge in [-0.1, -0.05) is 61.2 Å². The minimum atomic E-state index is -0.0982. The van der Waals surface area contributed by atoms with Gasteiger partial charge in [-0.3, -0.25) is 9.69 Å². The lowest BCUT2D eigenvalue weighted by Crippen LogP contribution is -2.31. The molecule has 5 nitrogen and oxygen atoms in total. The summed E-state index contributed by atoms with van der Waals surface area (Å²) in [4.78, 5) is 14.4. The molecule has 2 aromatic carbocycles. The highest BCUT2D eigenvalue weighted by Crippen LogP contribution is 2.31. The number of hydrogen-bond acceptors (Lipinski definition) is 5. The third-order valence-corrected chi connectivity index (χ3v) is 5.37. The standard InChI is InChI=1S/C20H21N3O2S/c1-3-18-19(24)23(14-16-9-11-17(25-2)12-10-16)20(26-18)22-21-13-15-7-5-4-6-8-15/h4-13,18H,3,14H2,1-2H3/b21-13+,22-20+. The highest BCUT2D eigenvalue weighted by atomic mass is 32.2. The summed E-state index contributed by atoms with van der Waals surface area (Å²) in [5.74, 6) is 0.880. The van der Waals surface area contributed by atoms with Crippen molar-refractivity contribution in [1.82, 2.24) is 4.90 Å². The molecule has 3 rings (SSSR count). The lowest BCUT2D eigenvalue weighted by atomic mass is 10.2. The third kappa shape index (κ3) is 4.32. The van der Waals surface area contributed by atoms with Crippen molar-refractivity contribution in [1.29, 1.82) is 0 Å². The highest BCUT2D eigenvalue weighted by Gasteiger charge is 2.36. The van der Waals surface area contributed by atoms with Crippen LogP contribution in [0.2, 0.25) is 0 Å². The molecule has 1 saturated heterocycles. The fourth-order valence-corrected chi connectivity index (χ4v) is 3.61. The van der Waals surface area contributed by atoms with Crippen molar-refractivity contribution in [3.63, 3.8) is 0 Å². The maximum atomic E-state index is 12.7. The van der Waals surface area contributed by atoms with E-state index >= 15 is 0 Å². The van der Waals surface area contributed by atoms with Crippen LogP contribution in [0.15, 0.2) is 64.8 Å². The fourth-order valence-electron chi connectivity index (χ4n) is 2.59. The lowest BCUT2D eigenvalue weighted by Gasteiger charge is -2.16. The van der Waals surface area contributed by atoms with Gasteiger partial charge in [0.1, 0.15) is 5.75 Å². The van der Waals surface area contributed by atoms with E-state index in [4.69, 9.17) is 4.74 Å². The fraction of sp³-hybridized carbons (Fsp3) is 0.250. The molecule has 0 radical (unpaired) electrons. The van der Waals surface area contributed by atoms with Crippen LogP contribution in [0.4, 0.5) is 0 Å². The SMILES string of the molecule is CCC1S/C(=N/N=C/c2ccccc2)N(Cc2ccc(OC)cc2)C1=O. The molecule has 2 aromatic rings. The first-order valence-electron chi connectivity index (χ1n) is 8.48. The molecular weight excluding hydrogens is 346 g/mol. The van der Waals surface area contributed by atoms with Crippen LogP contribution in [0.25, 0.3) is 0 Å². The minimum absolute atomic E-state index is 0.0852. The van der Waals surface area contributed by atoms with E-state index in [1.165, 1.54) is 11.8 Å². The quantitative estimate of drug-likeness (QED) is 0.574. The van der Waals surface area contributed by atoms with Gasteiger partial charge in [-0.25, -0.2) is 0 Å². The van der Waals surface area contributed by atoms with E-state index in [2.05, 4.69) is 10.2 Å². The number of amides is 1. The smallest absolute Gasteiger partial charge is 0.242 e. The number of ether oxygens (including phenoxy) is 1. The van der Waals surface area contributed by atoms with Crippen LogP contribution in [0.1, 0.15) is 24.5 Å². The van der Waals surface area contributed by atoms with Crippen molar-refractivity contribution >= 4 is 29.1 Å². The minimum Gasteiger partial charge on any atom is -0.497 e. The second kappa shape index (κ2) is 8.67. The summed E-state index contributed by atoms with van der Waals surface area (Å²) < 4.78 is 5.18. The first-order valence-corrected chi connectivity index (χ1v) is 9.36. The van der Waals surface area contributed by atoms with E-state index in [0.717, 1.165) is 23.3 Å². The van der Waals surface area contributed by atoms with Crippen LogP contribution in [-0.2, 0) is 11.3 Å². The monoisotopic (exact) mass is 367 g/mol. The normalized spacial score (nSPS) is 18.8. The largest absolute Gasteiger partial charge is 0.497 e. The second-order valence-electron chi connectivity index (χ2n) is 5.83. The molecule has 1 atom stereocenters. The van der Waals surface area contributed by atoms with Gasteiger partial charge in [0.2, 0.25) is 5.91 Å². The summed E-state index contributed by atoms with van der Waals surface area (Å²) in [7, 11) is 1.64. The zero-order valence-corrected chi connectivity index (χ0v) is 15.6. The summed E-state index contributed by atoms with van der Waals surface area (Å²) in [6.45, 7) is 2.49. The molecule has 1 fully saturated rings. The summed E-state index contributed by atoms with van der Waals surface area (Å²) in [5, 5.41) is 9.03. The molecule has 6 heteroatoms. The topological polar surface area (TPSA) is 54.3 Å². The summed E-state index contributed by atoms with van der Waals surface area (Å²) in [6, 6.07) is 17.5. The Morgan fingerprint density at radius 3 is 2.54 bits per heavy atom. The van der Waals surface area contributed by atoms with Crippen LogP contribution in [0, 0.1) is 0 Å². The van der Waals surface area contributed by atoms with E-state index in [0.29, 0.717) is 11.7 Å². The van der Waals surface area contributed by atoms with E-state index in [9.17, 15) is 4.79 Å². The van der Waals surface area contributed by atoms with E-state index in [1.54, 1.807) is 18.2 Å². The Hall–Kier alpha value is -2.60. The molecule has 1 heterocycles. The van der Waals surface area contributed by atoms with Gasteiger partial charge >= 0.3 is 0 Å². The maximum absolute atomic E-state index is 12.7. The number of amidine groups is 1. The van der Waals surface area contributed by atoms with Gasteiger partial charge in [-0.15, -0.1) is 5.10 Å². The second-order valence-corrected chi connectivity index (χ2v) is 6.99. The van der Waals surface area contributed by atoms with Crippen molar-refractivity contribution in [3.05, 3.63) is 65.7 Å². The molecule has 0 aromatic heterocycles. The number of thioether (sulfide) groups is 1. The van der Waals surface area contributed by atoms with Crippen LogP contribution < -0.4 is 4.74 Å². The molecule has 134 valence electrons. The van der Waals surface area contributed by atoms with E-state index < -0.39 is 0 Å². The number of carbonyl (C=O) groups is 1. The Morgan fingerprint density at radius 2 is 1.88 bits per heavy atom. The number of carbonyl (C=O) groups excluding carboxylic acids is 1. The van der Waals surface area contributed by atoms with Crippen molar-refractivity contribution in [3.8, 4) is 5.75 Å². The van der Waals surface area contributed by atoms with Gasteiger partial charge in [0.15, 0.2) is 5.17 Å². The molecular formula is C20H21N3O2S. The molecule has 0 N–H and O–H groups in total. The molecule has 0 aliphatic carbocycles. The van der Waals surface area contributed by atoms with Gasteiger partial charge < -0.3 is 4.74 Å². The first-order chi connectivity index (χ1) is 12.7. The van der Waals surface area contributed by atoms with Crippen molar-refractivity contribution < 1.29 is 9.53 Å². The van der Waals surface area contributed by atoms with Gasteiger partial charge in [0, 0.05) is 0 Å². The molecule has 0 spiro atoms. The molecule has 1 amide bonds. The third-order valence-electron chi connectivity index (χ3n) is 4.04. The molecule has 1 aliphatic heterocycles. The number of benzene rings is 2. The van der Waals surface area contributed by atoms with Crippen molar-refractivity contribution in [2.75, 3.05) is 7.11 Å². The Balaban J connectivity index is 1.78. The van der Waals surface area contributed by atoms with Gasteiger partial charge in [-0.05, 0) is 29.7 Å². The molecule has 1 aliphatic rings. The summed E-state index contributed by atoms with van der Waals surface area (Å²) in [5.41, 5.74) is 2.00. The Bertz CT molecular complexity index is 804. The van der Waals surface area contributed by atoms with Crippen LogP contribution >= 0.6 is 11.8 Å². The van der Waals surface area contributed by atoms with Crippen LogP contribution in [-0.4, -0.2) is 34.5 Å². The summed E-state index contributed by atoms with van der Waals surface area (Å²) in [6.07, 6.45) is 2.47. The predicted molar refractivity (Wildman–Crippen MR) is 107 cm³/mol. The average Bonchev–Trinajstić information content (AvgIpc) is 2.98. The molecule has 1 unspecified atom stereocenters. The number of nitrogens with zero attached hydrogens (tertiary/aromatic N) is 3. The average molecular weight is 367 g/mol. The summed E-state index contributed by atoms with van der Waals surface area (Å²) >= 11 is 1.48. The highest BCUT2D eigenvalue weighted by molar-refractivity contribution is 8.15. The first kappa shape index (κ1) is 18.2. The van der Waals surface area contributed by atoms with Crippen molar-refractivity contribution in [2.24, 2.45) is 10.2 Å². The molecule has 26 heavy (non-hydrogen) atoms. The van der Waals surface area contributed by atoms with Gasteiger partial charge in [0.25, 0.3) is 0 Å².